The summed E-state index contributed by atoms with van der Waals surface area (Å²) >= 11 is 0.744. The normalized spacial score (nSPS) is 39.1. The number of allylic oxidation sites excluding steroid dienone is 1. The third-order valence-corrected chi connectivity index (χ3v) is 5.95. The highest BCUT2D eigenvalue weighted by atomic mass is 32.2. The summed E-state index contributed by atoms with van der Waals surface area (Å²) in [5.41, 5.74) is 0.751. The standard InChI is InChI=1S/C15H20N2O2S/c1-9(13(14(18)19)20-8-16)17-15-5-10-2-11(6-15)4-12(3-10)7-15/h10-12,17H,2-7H2,1H3,(H,18,19)/b13-9+. The first-order valence-electron chi connectivity index (χ1n) is 7.29. The summed E-state index contributed by atoms with van der Waals surface area (Å²) in [5.74, 6) is 1.45. The van der Waals surface area contributed by atoms with Crippen molar-refractivity contribution in [1.29, 1.82) is 5.26 Å². The van der Waals surface area contributed by atoms with E-state index in [0.717, 1.165) is 29.5 Å². The van der Waals surface area contributed by atoms with Crippen molar-refractivity contribution in [2.24, 2.45) is 17.8 Å². The number of carboxylic acid groups (broad SMARTS) is 1. The lowest BCUT2D eigenvalue weighted by Gasteiger charge is -2.57. The molecule has 2 N–H and O–H groups in total. The molecule has 5 heteroatoms. The number of thiocyanates is 1. The van der Waals surface area contributed by atoms with Crippen molar-refractivity contribution >= 4 is 17.7 Å². The van der Waals surface area contributed by atoms with Crippen LogP contribution in [0.15, 0.2) is 10.6 Å². The molecule has 4 aliphatic carbocycles. The molecule has 108 valence electrons. The summed E-state index contributed by atoms with van der Waals surface area (Å²) in [7, 11) is 0. The van der Waals surface area contributed by atoms with E-state index in [2.05, 4.69) is 5.32 Å². The van der Waals surface area contributed by atoms with E-state index in [-0.39, 0.29) is 10.4 Å². The number of nitrogens with zero attached hydrogens (tertiary/aromatic N) is 1. The minimum atomic E-state index is -1.01. The van der Waals surface area contributed by atoms with Crippen molar-refractivity contribution in [3.8, 4) is 5.40 Å². The topological polar surface area (TPSA) is 73.1 Å². The van der Waals surface area contributed by atoms with Gasteiger partial charge in [0.2, 0.25) is 0 Å². The molecule has 0 amide bonds. The van der Waals surface area contributed by atoms with Gasteiger partial charge in [-0.3, -0.25) is 0 Å². The maximum Gasteiger partial charge on any atom is 0.345 e. The highest BCUT2D eigenvalue weighted by Crippen LogP contribution is 2.55. The minimum Gasteiger partial charge on any atom is -0.477 e. The van der Waals surface area contributed by atoms with Crippen molar-refractivity contribution in [1.82, 2.24) is 5.32 Å². The number of carboxylic acids is 1. The summed E-state index contributed by atoms with van der Waals surface area (Å²) in [6.45, 7) is 1.80. The van der Waals surface area contributed by atoms with Crippen LogP contribution in [0.5, 0.6) is 0 Å². The molecule has 0 aromatic rings. The molecule has 0 unspecified atom stereocenters. The van der Waals surface area contributed by atoms with Gasteiger partial charge in [0.1, 0.15) is 10.3 Å². The van der Waals surface area contributed by atoms with Crippen LogP contribution in [-0.2, 0) is 4.79 Å². The van der Waals surface area contributed by atoms with Crippen LogP contribution in [-0.4, -0.2) is 16.6 Å². The minimum absolute atomic E-state index is 0.0928. The average Bonchev–Trinajstić information content (AvgIpc) is 2.32. The van der Waals surface area contributed by atoms with E-state index < -0.39 is 5.97 Å². The zero-order chi connectivity index (χ0) is 14.3. The van der Waals surface area contributed by atoms with Gasteiger partial charge < -0.3 is 10.4 Å². The molecule has 0 aliphatic heterocycles. The maximum absolute atomic E-state index is 11.2. The fourth-order valence-corrected chi connectivity index (χ4v) is 5.43. The third kappa shape index (κ3) is 2.42. The molecule has 0 aromatic heterocycles. The van der Waals surface area contributed by atoms with Crippen LogP contribution in [0, 0.1) is 28.4 Å². The zero-order valence-corrected chi connectivity index (χ0v) is 12.5. The lowest BCUT2D eigenvalue weighted by atomic mass is 9.53. The highest BCUT2D eigenvalue weighted by molar-refractivity contribution is 8.08. The van der Waals surface area contributed by atoms with Crippen LogP contribution in [0.3, 0.4) is 0 Å². The van der Waals surface area contributed by atoms with Gasteiger partial charge in [0, 0.05) is 11.2 Å². The van der Waals surface area contributed by atoms with E-state index in [1.165, 1.54) is 38.5 Å². The van der Waals surface area contributed by atoms with Gasteiger partial charge in [0.15, 0.2) is 0 Å². The Labute approximate surface area is 123 Å². The lowest BCUT2D eigenvalue weighted by molar-refractivity contribution is -0.131. The Kier molecular flexibility index (Phi) is 3.45. The van der Waals surface area contributed by atoms with Crippen LogP contribution in [0.4, 0.5) is 0 Å². The smallest absolute Gasteiger partial charge is 0.345 e. The quantitative estimate of drug-likeness (QED) is 0.615. The van der Waals surface area contributed by atoms with Crippen LogP contribution < -0.4 is 5.32 Å². The largest absolute Gasteiger partial charge is 0.477 e. The van der Waals surface area contributed by atoms with E-state index >= 15 is 0 Å². The average molecular weight is 292 g/mol. The molecule has 0 saturated heterocycles. The van der Waals surface area contributed by atoms with Gasteiger partial charge >= 0.3 is 5.97 Å². The van der Waals surface area contributed by atoms with Crippen molar-refractivity contribution in [2.75, 3.05) is 0 Å². The maximum atomic E-state index is 11.2. The molecule has 0 spiro atoms. The monoisotopic (exact) mass is 292 g/mol. The number of carbonyl (C=O) groups is 1. The first-order chi connectivity index (χ1) is 9.51. The van der Waals surface area contributed by atoms with Gasteiger partial charge in [-0.25, -0.2) is 4.79 Å². The van der Waals surface area contributed by atoms with E-state index in [0.29, 0.717) is 5.70 Å². The number of hydrogen-bond donors (Lipinski definition) is 2. The molecule has 4 nitrogen and oxygen atoms in total. The van der Waals surface area contributed by atoms with Crippen molar-refractivity contribution in [3.05, 3.63) is 10.6 Å². The van der Waals surface area contributed by atoms with Crippen molar-refractivity contribution in [3.63, 3.8) is 0 Å². The predicted molar refractivity (Wildman–Crippen MR) is 77.6 cm³/mol. The van der Waals surface area contributed by atoms with Gasteiger partial charge in [-0.05, 0) is 75.0 Å². The molecular formula is C15H20N2O2S. The second-order valence-electron chi connectivity index (χ2n) is 6.78. The number of hydrogen-bond acceptors (Lipinski definition) is 4. The molecule has 4 rings (SSSR count). The third-order valence-electron chi connectivity index (χ3n) is 5.17. The molecular weight excluding hydrogens is 272 g/mol. The van der Waals surface area contributed by atoms with Gasteiger partial charge in [0.05, 0.1) is 0 Å². The molecule has 20 heavy (non-hydrogen) atoms. The lowest BCUT2D eigenvalue weighted by Crippen LogP contribution is -2.58. The fourth-order valence-electron chi connectivity index (χ4n) is 5.04. The summed E-state index contributed by atoms with van der Waals surface area (Å²) in [4.78, 5) is 11.4. The molecule has 0 heterocycles. The van der Waals surface area contributed by atoms with E-state index in [1.54, 1.807) is 6.92 Å². The summed E-state index contributed by atoms with van der Waals surface area (Å²) in [6.07, 6.45) is 7.59. The van der Waals surface area contributed by atoms with Gasteiger partial charge in [0.25, 0.3) is 0 Å². The van der Waals surface area contributed by atoms with E-state index in [4.69, 9.17) is 5.26 Å². The fraction of sp³-hybridized carbons (Fsp3) is 0.733. The molecule has 4 saturated carbocycles. The molecule has 4 bridgehead atoms. The van der Waals surface area contributed by atoms with Crippen LogP contribution >= 0.6 is 11.8 Å². The number of aliphatic carboxylic acids is 1. The number of rotatable bonds is 4. The summed E-state index contributed by atoms with van der Waals surface area (Å²) in [6, 6.07) is 0. The Bertz CT molecular complexity index is 471. The molecule has 0 radical (unpaired) electrons. The van der Waals surface area contributed by atoms with Gasteiger partial charge in [-0.1, -0.05) is 0 Å². The second kappa shape index (κ2) is 5.00. The number of nitriles is 1. The Morgan fingerprint density at radius 1 is 1.25 bits per heavy atom. The first kappa shape index (κ1) is 13.8. The second-order valence-corrected chi connectivity index (χ2v) is 7.57. The van der Waals surface area contributed by atoms with Crippen molar-refractivity contribution in [2.45, 2.75) is 51.0 Å². The summed E-state index contributed by atoms with van der Waals surface area (Å²) in [5, 5.41) is 23.4. The predicted octanol–water partition coefficient (Wildman–Crippen LogP) is 3.08. The van der Waals surface area contributed by atoms with E-state index in [9.17, 15) is 9.90 Å². The Morgan fingerprint density at radius 3 is 2.15 bits per heavy atom. The molecule has 0 aromatic carbocycles. The Balaban J connectivity index is 1.81. The SMILES string of the molecule is C/C(NC12CC3CC(CC(C3)C1)C2)=C(\SC#N)C(=O)O. The zero-order valence-electron chi connectivity index (χ0n) is 11.7. The summed E-state index contributed by atoms with van der Waals surface area (Å²) < 4.78 is 0. The first-order valence-corrected chi connectivity index (χ1v) is 8.11. The van der Waals surface area contributed by atoms with Gasteiger partial charge in [-0.15, -0.1) is 0 Å². The van der Waals surface area contributed by atoms with Gasteiger partial charge in [-0.2, -0.15) is 5.26 Å². The molecule has 0 atom stereocenters. The van der Waals surface area contributed by atoms with Crippen LogP contribution in [0.2, 0.25) is 0 Å². The van der Waals surface area contributed by atoms with E-state index in [1.807, 2.05) is 5.40 Å². The van der Waals surface area contributed by atoms with Crippen LogP contribution in [0.25, 0.3) is 0 Å². The Hall–Kier alpha value is -1.15. The van der Waals surface area contributed by atoms with Crippen LogP contribution in [0.1, 0.15) is 45.4 Å². The number of thioether (sulfide) groups is 1. The highest BCUT2D eigenvalue weighted by Gasteiger charge is 2.51. The molecule has 4 aliphatic rings. The Morgan fingerprint density at radius 2 is 1.75 bits per heavy atom. The number of nitrogens with one attached hydrogen (secondary N) is 1. The molecule has 4 fully saturated rings. The van der Waals surface area contributed by atoms with Crippen molar-refractivity contribution < 1.29 is 9.90 Å².